The molecule has 4 heteroatoms. The topological polar surface area (TPSA) is 63.3 Å². The number of nitrogens with two attached hydrogens (primary N) is 1. The van der Waals surface area contributed by atoms with Gasteiger partial charge in [-0.25, -0.2) is 4.99 Å². The number of nitrogens with one attached hydrogen (secondary N) is 1. The van der Waals surface area contributed by atoms with Crippen LogP contribution in [0.15, 0.2) is 29.5 Å². The molecule has 0 unspecified atom stereocenters. The molecule has 0 saturated carbocycles. The number of hydrogen-bond donors (Lipinski definition) is 2. The van der Waals surface area contributed by atoms with Gasteiger partial charge in [-0.3, -0.25) is 4.98 Å². The van der Waals surface area contributed by atoms with Crippen molar-refractivity contribution in [2.75, 3.05) is 6.54 Å². The van der Waals surface area contributed by atoms with Crippen molar-refractivity contribution >= 4 is 5.96 Å². The standard InChI is InChI=1S/C13H22N4/c1-2-3-4-5-9-16-13(14)17-11-12-7-6-8-15-10-12/h6-8,10H,2-5,9,11H2,1H3,(H3,14,16,17). The molecule has 0 aliphatic rings. The molecule has 0 aromatic carbocycles. The molecule has 4 nitrogen and oxygen atoms in total. The molecular weight excluding hydrogens is 212 g/mol. The maximum Gasteiger partial charge on any atom is 0.188 e. The zero-order valence-electron chi connectivity index (χ0n) is 10.5. The van der Waals surface area contributed by atoms with Gasteiger partial charge in [0.25, 0.3) is 0 Å². The second kappa shape index (κ2) is 8.56. The van der Waals surface area contributed by atoms with E-state index in [1.807, 2.05) is 12.1 Å². The number of rotatable bonds is 7. The molecule has 0 radical (unpaired) electrons. The number of aromatic nitrogens is 1. The van der Waals surface area contributed by atoms with Gasteiger partial charge in [-0.05, 0) is 18.1 Å². The first-order valence-corrected chi connectivity index (χ1v) is 6.25. The van der Waals surface area contributed by atoms with Crippen molar-refractivity contribution < 1.29 is 0 Å². The van der Waals surface area contributed by atoms with Gasteiger partial charge in [0.2, 0.25) is 0 Å². The summed E-state index contributed by atoms with van der Waals surface area (Å²) in [6.07, 6.45) is 8.50. The monoisotopic (exact) mass is 234 g/mol. The summed E-state index contributed by atoms with van der Waals surface area (Å²) in [7, 11) is 0. The van der Waals surface area contributed by atoms with E-state index in [1.54, 1.807) is 12.4 Å². The van der Waals surface area contributed by atoms with Gasteiger partial charge in [0.05, 0.1) is 6.54 Å². The smallest absolute Gasteiger partial charge is 0.188 e. The van der Waals surface area contributed by atoms with Crippen molar-refractivity contribution in [2.24, 2.45) is 10.7 Å². The number of guanidine groups is 1. The van der Waals surface area contributed by atoms with E-state index < -0.39 is 0 Å². The maximum atomic E-state index is 5.75. The Labute approximate surface area is 103 Å². The minimum atomic E-state index is 0.519. The van der Waals surface area contributed by atoms with E-state index >= 15 is 0 Å². The summed E-state index contributed by atoms with van der Waals surface area (Å²) in [5.41, 5.74) is 6.83. The maximum absolute atomic E-state index is 5.75. The van der Waals surface area contributed by atoms with Gasteiger partial charge >= 0.3 is 0 Å². The third-order valence-corrected chi connectivity index (χ3v) is 2.49. The summed E-state index contributed by atoms with van der Waals surface area (Å²) in [6, 6.07) is 3.89. The molecule has 0 saturated heterocycles. The van der Waals surface area contributed by atoms with Gasteiger partial charge in [-0.2, -0.15) is 0 Å². The number of hydrogen-bond acceptors (Lipinski definition) is 2. The molecular formula is C13H22N4. The number of pyridine rings is 1. The first-order valence-electron chi connectivity index (χ1n) is 6.25. The van der Waals surface area contributed by atoms with Gasteiger partial charge in [-0.15, -0.1) is 0 Å². The molecule has 94 valence electrons. The van der Waals surface area contributed by atoms with E-state index in [9.17, 15) is 0 Å². The Bertz CT molecular complexity index is 321. The van der Waals surface area contributed by atoms with Crippen molar-refractivity contribution in [1.29, 1.82) is 0 Å². The van der Waals surface area contributed by atoms with Crippen molar-refractivity contribution in [2.45, 2.75) is 39.2 Å². The minimum Gasteiger partial charge on any atom is -0.370 e. The van der Waals surface area contributed by atoms with Crippen LogP contribution in [0.5, 0.6) is 0 Å². The highest BCUT2D eigenvalue weighted by Gasteiger charge is 1.93. The SMILES string of the molecule is CCCCCCNC(N)=NCc1cccnc1. The lowest BCUT2D eigenvalue weighted by molar-refractivity contribution is 0.652. The number of aliphatic imine (C=N–C) groups is 1. The fraction of sp³-hybridized carbons (Fsp3) is 0.538. The summed E-state index contributed by atoms with van der Waals surface area (Å²) in [6.45, 7) is 3.70. The van der Waals surface area contributed by atoms with Gasteiger partial charge in [0.15, 0.2) is 5.96 Å². The normalized spacial score (nSPS) is 11.5. The quantitative estimate of drug-likeness (QED) is 0.431. The first kappa shape index (κ1) is 13.5. The molecule has 3 N–H and O–H groups in total. The van der Waals surface area contributed by atoms with Gasteiger partial charge in [0.1, 0.15) is 0 Å². The van der Waals surface area contributed by atoms with E-state index in [0.717, 1.165) is 18.5 Å². The molecule has 0 bridgehead atoms. The third-order valence-electron chi connectivity index (χ3n) is 2.49. The average molecular weight is 234 g/mol. The lowest BCUT2D eigenvalue weighted by Crippen LogP contribution is -2.32. The van der Waals surface area contributed by atoms with Crippen LogP contribution < -0.4 is 11.1 Å². The van der Waals surface area contributed by atoms with Gasteiger partial charge in [-0.1, -0.05) is 32.3 Å². The molecule has 0 aliphatic heterocycles. The zero-order chi connectivity index (χ0) is 12.3. The molecule has 0 spiro atoms. The van der Waals surface area contributed by atoms with Crippen LogP contribution in [0.3, 0.4) is 0 Å². The summed E-state index contributed by atoms with van der Waals surface area (Å²) >= 11 is 0. The molecule has 0 atom stereocenters. The van der Waals surface area contributed by atoms with Crippen molar-refractivity contribution in [3.63, 3.8) is 0 Å². The predicted molar refractivity (Wildman–Crippen MR) is 71.7 cm³/mol. The Kier molecular flexibility index (Phi) is 6.79. The highest BCUT2D eigenvalue weighted by atomic mass is 15.1. The number of nitrogens with zero attached hydrogens (tertiary/aromatic N) is 2. The van der Waals surface area contributed by atoms with E-state index in [1.165, 1.54) is 19.3 Å². The Balaban J connectivity index is 2.17. The first-order chi connectivity index (χ1) is 8.33. The third kappa shape index (κ3) is 6.56. The van der Waals surface area contributed by atoms with Crippen LogP contribution in [-0.2, 0) is 6.54 Å². The summed E-state index contributed by atoms with van der Waals surface area (Å²) < 4.78 is 0. The van der Waals surface area contributed by atoms with E-state index in [0.29, 0.717) is 12.5 Å². The van der Waals surface area contributed by atoms with Crippen LogP contribution >= 0.6 is 0 Å². The molecule has 17 heavy (non-hydrogen) atoms. The highest BCUT2D eigenvalue weighted by molar-refractivity contribution is 5.77. The largest absolute Gasteiger partial charge is 0.370 e. The fourth-order valence-corrected chi connectivity index (χ4v) is 1.49. The van der Waals surface area contributed by atoms with E-state index in [4.69, 9.17) is 5.73 Å². The lowest BCUT2D eigenvalue weighted by atomic mass is 10.2. The summed E-state index contributed by atoms with van der Waals surface area (Å²) in [5.74, 6) is 0.519. The second-order valence-electron chi connectivity index (χ2n) is 4.05. The van der Waals surface area contributed by atoms with E-state index in [2.05, 4.69) is 22.2 Å². The lowest BCUT2D eigenvalue weighted by Gasteiger charge is -2.05. The van der Waals surface area contributed by atoms with Gasteiger partial charge in [0, 0.05) is 18.9 Å². The van der Waals surface area contributed by atoms with Crippen LogP contribution in [-0.4, -0.2) is 17.5 Å². The molecule has 0 fully saturated rings. The van der Waals surface area contributed by atoms with Crippen molar-refractivity contribution in [1.82, 2.24) is 10.3 Å². The Hall–Kier alpha value is -1.58. The van der Waals surface area contributed by atoms with Crippen LogP contribution in [0.4, 0.5) is 0 Å². The summed E-state index contributed by atoms with van der Waals surface area (Å²) in [5, 5.41) is 3.12. The minimum absolute atomic E-state index is 0.519. The molecule has 0 amide bonds. The average Bonchev–Trinajstić information content (AvgIpc) is 2.37. The van der Waals surface area contributed by atoms with Crippen molar-refractivity contribution in [3.05, 3.63) is 30.1 Å². The van der Waals surface area contributed by atoms with Gasteiger partial charge < -0.3 is 11.1 Å². The molecule has 1 aromatic rings. The van der Waals surface area contributed by atoms with Crippen LogP contribution in [0.1, 0.15) is 38.2 Å². The fourth-order valence-electron chi connectivity index (χ4n) is 1.49. The van der Waals surface area contributed by atoms with Crippen LogP contribution in [0.2, 0.25) is 0 Å². The molecule has 1 heterocycles. The highest BCUT2D eigenvalue weighted by Crippen LogP contribution is 1.98. The number of unbranched alkanes of at least 4 members (excludes halogenated alkanes) is 3. The van der Waals surface area contributed by atoms with Crippen LogP contribution in [0.25, 0.3) is 0 Å². The molecule has 1 rings (SSSR count). The predicted octanol–water partition coefficient (Wildman–Crippen LogP) is 2.07. The Morgan fingerprint density at radius 3 is 3.00 bits per heavy atom. The molecule has 1 aromatic heterocycles. The second-order valence-corrected chi connectivity index (χ2v) is 4.05. The van der Waals surface area contributed by atoms with E-state index in [-0.39, 0.29) is 0 Å². The molecule has 0 aliphatic carbocycles. The summed E-state index contributed by atoms with van der Waals surface area (Å²) in [4.78, 5) is 8.28. The Morgan fingerprint density at radius 2 is 2.29 bits per heavy atom. The Morgan fingerprint density at radius 1 is 1.41 bits per heavy atom. The van der Waals surface area contributed by atoms with Crippen molar-refractivity contribution in [3.8, 4) is 0 Å². The van der Waals surface area contributed by atoms with Crippen LogP contribution in [0, 0.1) is 0 Å². The zero-order valence-corrected chi connectivity index (χ0v) is 10.5.